The largest absolute Gasteiger partial charge is 0.494 e. The highest BCUT2D eigenvalue weighted by Crippen LogP contribution is 2.40. The Balaban J connectivity index is 1.95. The number of amides is 1. The topological polar surface area (TPSA) is 50.8 Å². The van der Waals surface area contributed by atoms with Crippen LogP contribution >= 0.6 is 0 Å². The lowest BCUT2D eigenvalue weighted by molar-refractivity contribution is 0.0451. The highest BCUT2D eigenvalue weighted by molar-refractivity contribution is 6.02. The summed E-state index contributed by atoms with van der Waals surface area (Å²) in [7, 11) is 1.69. The monoisotopic (exact) mass is 396 g/mol. The first-order valence-electron chi connectivity index (χ1n) is 10.6. The molecule has 1 aliphatic rings. The minimum atomic E-state index is -0.596. The number of carbonyl (C=O) groups is 1. The third-order valence-corrected chi connectivity index (χ3v) is 5.55. The summed E-state index contributed by atoms with van der Waals surface area (Å²) in [6, 6.07) is 15.9. The van der Waals surface area contributed by atoms with Crippen LogP contribution in [-0.2, 0) is 10.4 Å². The molecule has 2 aromatic carbocycles. The molecule has 0 fully saturated rings. The molecule has 1 aliphatic heterocycles. The molecule has 0 aromatic heterocycles. The van der Waals surface area contributed by atoms with Crippen LogP contribution in [-0.4, -0.2) is 37.7 Å². The predicted octanol–water partition coefficient (Wildman–Crippen LogP) is 5.03. The number of hydrogen-bond donors (Lipinski definition) is 1. The van der Waals surface area contributed by atoms with E-state index in [9.17, 15) is 4.79 Å². The van der Waals surface area contributed by atoms with E-state index in [0.29, 0.717) is 18.7 Å². The number of benzene rings is 2. The molecule has 0 bridgehead atoms. The Morgan fingerprint density at radius 2 is 1.76 bits per heavy atom. The third kappa shape index (κ3) is 4.40. The maximum absolute atomic E-state index is 13.4. The Kier molecular flexibility index (Phi) is 7.15. The van der Waals surface area contributed by atoms with Crippen LogP contribution in [0.4, 0.5) is 5.69 Å². The number of hydrogen-bond acceptors (Lipinski definition) is 4. The van der Waals surface area contributed by atoms with Crippen molar-refractivity contribution in [3.63, 3.8) is 0 Å². The lowest BCUT2D eigenvalue weighted by atomic mass is 9.89. The molecule has 0 spiro atoms. The van der Waals surface area contributed by atoms with E-state index >= 15 is 0 Å². The molecule has 3 rings (SSSR count). The Hall–Kier alpha value is -2.53. The lowest BCUT2D eigenvalue weighted by Crippen LogP contribution is -2.57. The van der Waals surface area contributed by atoms with Gasteiger partial charge >= 0.3 is 0 Å². The molecule has 1 N–H and O–H groups in total. The molecule has 1 atom stereocenters. The van der Waals surface area contributed by atoms with E-state index in [4.69, 9.17) is 9.47 Å². The minimum absolute atomic E-state index is 0.0561. The molecule has 0 saturated heterocycles. The van der Waals surface area contributed by atoms with Crippen molar-refractivity contribution in [3.05, 3.63) is 59.7 Å². The van der Waals surface area contributed by atoms with Crippen LogP contribution in [0.15, 0.2) is 48.5 Å². The van der Waals surface area contributed by atoms with Gasteiger partial charge in [0.1, 0.15) is 11.4 Å². The maximum Gasteiger partial charge on any atom is 0.258 e. The first kappa shape index (κ1) is 21.2. The zero-order valence-electron chi connectivity index (χ0n) is 17.7. The number of unbranched alkanes of at least 4 members (excludes halogenated alkanes) is 1. The predicted molar refractivity (Wildman–Crippen MR) is 116 cm³/mol. The summed E-state index contributed by atoms with van der Waals surface area (Å²) in [6.45, 7) is 6.23. The van der Waals surface area contributed by atoms with Gasteiger partial charge in [0.15, 0.2) is 0 Å². The summed E-state index contributed by atoms with van der Waals surface area (Å²) in [5.41, 5.74) is 2.06. The van der Waals surface area contributed by atoms with Crippen LogP contribution in [0.5, 0.6) is 5.75 Å². The van der Waals surface area contributed by atoms with Gasteiger partial charge in [-0.2, -0.15) is 0 Å². The fourth-order valence-corrected chi connectivity index (χ4v) is 3.92. The number of methoxy groups -OCH3 is 1. The average molecular weight is 397 g/mol. The highest BCUT2D eigenvalue weighted by atomic mass is 16.5. The molecule has 5 nitrogen and oxygen atoms in total. The normalized spacial score (nSPS) is 18.3. The summed E-state index contributed by atoms with van der Waals surface area (Å²) in [5.74, 6) is 0.919. The second kappa shape index (κ2) is 9.79. The minimum Gasteiger partial charge on any atom is -0.494 e. The summed E-state index contributed by atoms with van der Waals surface area (Å²) in [6.07, 6.45) is 3.68. The lowest BCUT2D eigenvalue weighted by Gasteiger charge is -2.48. The van der Waals surface area contributed by atoms with Crippen molar-refractivity contribution in [3.8, 4) is 5.75 Å². The van der Waals surface area contributed by atoms with Gasteiger partial charge in [-0.25, -0.2) is 0 Å². The van der Waals surface area contributed by atoms with Crippen molar-refractivity contribution in [2.24, 2.45) is 0 Å². The highest BCUT2D eigenvalue weighted by Gasteiger charge is 2.44. The Morgan fingerprint density at radius 3 is 2.45 bits per heavy atom. The van der Waals surface area contributed by atoms with Gasteiger partial charge in [0.2, 0.25) is 0 Å². The van der Waals surface area contributed by atoms with Gasteiger partial charge in [-0.3, -0.25) is 4.79 Å². The molecule has 0 aliphatic carbocycles. The number of rotatable bonds is 10. The fourth-order valence-electron chi connectivity index (χ4n) is 3.92. The molecule has 29 heavy (non-hydrogen) atoms. The zero-order chi connectivity index (χ0) is 20.7. The van der Waals surface area contributed by atoms with Gasteiger partial charge < -0.3 is 19.7 Å². The number of anilines is 1. The number of fused-ring (bicyclic) bond motifs is 1. The van der Waals surface area contributed by atoms with E-state index in [1.54, 1.807) is 7.11 Å². The van der Waals surface area contributed by atoms with Crippen molar-refractivity contribution >= 4 is 11.6 Å². The molecule has 0 saturated carbocycles. The van der Waals surface area contributed by atoms with Crippen molar-refractivity contribution in [1.82, 2.24) is 4.90 Å². The first-order chi connectivity index (χ1) is 14.2. The fraction of sp³-hybridized carbons (Fsp3) is 0.458. The zero-order valence-corrected chi connectivity index (χ0v) is 17.7. The number of carbonyl (C=O) groups excluding carboxylic acids is 1. The Morgan fingerprint density at radius 1 is 1.00 bits per heavy atom. The van der Waals surface area contributed by atoms with Crippen LogP contribution < -0.4 is 10.1 Å². The van der Waals surface area contributed by atoms with Crippen LogP contribution in [0.2, 0.25) is 0 Å². The van der Waals surface area contributed by atoms with E-state index in [-0.39, 0.29) is 5.91 Å². The number of nitrogens with one attached hydrogen (secondary N) is 1. The molecule has 2 aromatic rings. The van der Waals surface area contributed by atoms with Gasteiger partial charge in [0.25, 0.3) is 5.91 Å². The smallest absolute Gasteiger partial charge is 0.258 e. The van der Waals surface area contributed by atoms with E-state index in [1.807, 2.05) is 41.3 Å². The summed E-state index contributed by atoms with van der Waals surface area (Å²) in [5, 5.41) is 3.68. The molecular formula is C24H32N2O3. The molecular weight excluding hydrogens is 364 g/mol. The van der Waals surface area contributed by atoms with Gasteiger partial charge in [-0.15, -0.1) is 0 Å². The molecule has 1 heterocycles. The Bertz CT molecular complexity index is 806. The van der Waals surface area contributed by atoms with Gasteiger partial charge in [-0.1, -0.05) is 44.5 Å². The summed E-state index contributed by atoms with van der Waals surface area (Å²) in [4.78, 5) is 15.4. The van der Waals surface area contributed by atoms with Crippen LogP contribution in [0.3, 0.4) is 0 Å². The van der Waals surface area contributed by atoms with Crippen molar-refractivity contribution < 1.29 is 14.3 Å². The van der Waals surface area contributed by atoms with E-state index < -0.39 is 5.66 Å². The Labute approximate surface area is 174 Å². The number of para-hydroxylation sites is 1. The van der Waals surface area contributed by atoms with Crippen molar-refractivity contribution in [2.75, 3.05) is 32.2 Å². The quantitative estimate of drug-likeness (QED) is 0.572. The number of ether oxygens (including phenoxy) is 2. The molecule has 5 heteroatoms. The van der Waals surface area contributed by atoms with Gasteiger partial charge in [-0.05, 0) is 49.1 Å². The van der Waals surface area contributed by atoms with Gasteiger partial charge in [0, 0.05) is 25.9 Å². The second-order valence-electron chi connectivity index (χ2n) is 7.41. The van der Waals surface area contributed by atoms with Gasteiger partial charge in [0.05, 0.1) is 12.2 Å². The van der Waals surface area contributed by atoms with Crippen molar-refractivity contribution in [2.45, 2.75) is 45.2 Å². The maximum atomic E-state index is 13.4. The van der Waals surface area contributed by atoms with Crippen LogP contribution in [0, 0.1) is 0 Å². The second-order valence-corrected chi connectivity index (χ2v) is 7.41. The summed E-state index contributed by atoms with van der Waals surface area (Å²) < 4.78 is 11.1. The van der Waals surface area contributed by atoms with E-state index in [0.717, 1.165) is 49.3 Å². The van der Waals surface area contributed by atoms with Crippen molar-refractivity contribution in [1.29, 1.82) is 0 Å². The third-order valence-electron chi connectivity index (χ3n) is 5.55. The molecule has 1 amide bonds. The summed E-state index contributed by atoms with van der Waals surface area (Å²) >= 11 is 0. The molecule has 1 unspecified atom stereocenters. The average Bonchev–Trinajstić information content (AvgIpc) is 2.76. The SMILES string of the molecule is CCCCOc1ccc(C2(CC)Nc3ccccc3C(=O)N2CCCOC)cc1. The van der Waals surface area contributed by atoms with E-state index in [2.05, 4.69) is 31.3 Å². The first-order valence-corrected chi connectivity index (χ1v) is 10.6. The standard InChI is InChI=1S/C24H32N2O3/c1-4-6-18-29-20-14-12-19(13-15-20)24(5-2)25-22-11-8-7-10-21(22)23(27)26(24)16-9-17-28-3/h7-8,10-15,25H,4-6,9,16-18H2,1-3H3. The van der Waals surface area contributed by atoms with E-state index in [1.165, 1.54) is 0 Å². The van der Waals surface area contributed by atoms with Crippen LogP contribution in [0.1, 0.15) is 55.5 Å². The molecule has 0 radical (unpaired) electrons. The van der Waals surface area contributed by atoms with Crippen LogP contribution in [0.25, 0.3) is 0 Å². The number of nitrogens with zero attached hydrogens (tertiary/aromatic N) is 1. The molecule has 156 valence electrons.